The largest absolute Gasteiger partial charge is 0.337 e. The first-order chi connectivity index (χ1) is 17.8. The fourth-order valence-corrected chi connectivity index (χ4v) is 5.61. The summed E-state index contributed by atoms with van der Waals surface area (Å²) >= 11 is 0. The number of fused-ring (bicyclic) bond motifs is 1. The van der Waals surface area contributed by atoms with Crippen LogP contribution in [0.1, 0.15) is 61.8 Å². The van der Waals surface area contributed by atoms with E-state index in [-0.39, 0.29) is 23.4 Å². The summed E-state index contributed by atoms with van der Waals surface area (Å²) in [7, 11) is 0. The number of hydrogen-bond donors (Lipinski definition) is 1. The van der Waals surface area contributed by atoms with Gasteiger partial charge in [0.15, 0.2) is 0 Å². The van der Waals surface area contributed by atoms with Crippen molar-refractivity contribution in [3.63, 3.8) is 0 Å². The minimum atomic E-state index is -0.561. The minimum Gasteiger partial charge on any atom is -0.337 e. The average molecular weight is 497 g/mol. The van der Waals surface area contributed by atoms with E-state index in [0.29, 0.717) is 31.0 Å². The first-order valence-corrected chi connectivity index (χ1v) is 13.2. The monoisotopic (exact) mass is 496 g/mol. The van der Waals surface area contributed by atoms with Gasteiger partial charge in [-0.15, -0.1) is 0 Å². The van der Waals surface area contributed by atoms with E-state index in [0.717, 1.165) is 53.7 Å². The number of likely N-dealkylation sites (tertiary alicyclic amines) is 1. The van der Waals surface area contributed by atoms with Crippen LogP contribution in [-0.4, -0.2) is 36.2 Å². The number of benzene rings is 2. The van der Waals surface area contributed by atoms with Crippen molar-refractivity contribution < 1.29 is 9.18 Å². The maximum atomic E-state index is 14.7. The molecule has 0 radical (unpaired) electrons. The number of nitriles is 1. The summed E-state index contributed by atoms with van der Waals surface area (Å²) in [6.45, 7) is 5.52. The van der Waals surface area contributed by atoms with Crippen molar-refractivity contribution in [1.29, 1.82) is 5.26 Å². The molecule has 2 aromatic carbocycles. The molecule has 0 spiro atoms. The number of halogens is 1. The average Bonchev–Trinajstić information content (AvgIpc) is 3.09. The predicted molar refractivity (Wildman–Crippen MR) is 146 cm³/mol. The van der Waals surface area contributed by atoms with Crippen LogP contribution in [0.4, 0.5) is 10.1 Å². The molecule has 2 N–H and O–H groups in total. The lowest BCUT2D eigenvalue weighted by Crippen LogP contribution is -2.46. The summed E-state index contributed by atoms with van der Waals surface area (Å²) in [4.78, 5) is 20.2. The molecule has 190 valence electrons. The summed E-state index contributed by atoms with van der Waals surface area (Å²) in [6, 6.07) is 13.0. The zero-order chi connectivity index (χ0) is 26.1. The van der Waals surface area contributed by atoms with Gasteiger partial charge >= 0.3 is 0 Å². The van der Waals surface area contributed by atoms with Crippen molar-refractivity contribution >= 4 is 29.0 Å². The van der Waals surface area contributed by atoms with Gasteiger partial charge in [-0.1, -0.05) is 32.0 Å². The molecule has 3 aliphatic rings. The number of rotatable bonds is 3. The molecule has 5 rings (SSSR count). The molecule has 1 fully saturated rings. The lowest BCUT2D eigenvalue weighted by molar-refractivity contribution is -0.128. The number of aliphatic imine (C=N–C) groups is 1. The van der Waals surface area contributed by atoms with Gasteiger partial charge in [-0.25, -0.2) is 4.39 Å². The number of hydrogen-bond acceptors (Lipinski definition) is 4. The van der Waals surface area contributed by atoms with Crippen LogP contribution in [0.15, 0.2) is 53.0 Å². The second kappa shape index (κ2) is 10.4. The minimum absolute atomic E-state index is 0.00163. The van der Waals surface area contributed by atoms with Crippen molar-refractivity contribution in [2.75, 3.05) is 13.1 Å². The molecule has 0 saturated carbocycles. The Bertz CT molecular complexity index is 1370. The number of nitrogens with two attached hydrogens (primary N) is 1. The molecule has 2 unspecified atom stereocenters. The normalized spacial score (nSPS) is 23.7. The molecular weight excluding hydrogens is 463 g/mol. The smallest absolute Gasteiger partial charge is 0.250 e. The summed E-state index contributed by atoms with van der Waals surface area (Å²) in [5.41, 5.74) is 12.6. The van der Waals surface area contributed by atoms with Gasteiger partial charge in [-0.2, -0.15) is 5.26 Å². The molecule has 5 nitrogen and oxygen atoms in total. The molecule has 1 amide bonds. The van der Waals surface area contributed by atoms with E-state index in [1.54, 1.807) is 6.07 Å². The van der Waals surface area contributed by atoms with Crippen LogP contribution in [-0.2, 0) is 11.2 Å². The first kappa shape index (κ1) is 25.1. The van der Waals surface area contributed by atoms with Crippen LogP contribution in [0.2, 0.25) is 0 Å². The molecule has 1 saturated heterocycles. The van der Waals surface area contributed by atoms with Crippen molar-refractivity contribution in [3.8, 4) is 6.07 Å². The quantitative estimate of drug-likeness (QED) is 0.582. The maximum absolute atomic E-state index is 14.7. The molecule has 6 heteroatoms. The fourth-order valence-electron chi connectivity index (χ4n) is 5.61. The van der Waals surface area contributed by atoms with Gasteiger partial charge < -0.3 is 10.6 Å². The Morgan fingerprint density at radius 2 is 1.97 bits per heavy atom. The van der Waals surface area contributed by atoms with Crippen molar-refractivity contribution in [1.82, 2.24) is 4.90 Å². The molecule has 0 bridgehead atoms. The molecule has 3 atom stereocenters. The topological polar surface area (TPSA) is 82.5 Å². The second-order valence-corrected chi connectivity index (χ2v) is 10.7. The van der Waals surface area contributed by atoms with Crippen LogP contribution in [0.3, 0.4) is 0 Å². The van der Waals surface area contributed by atoms with Gasteiger partial charge in [-0.3, -0.25) is 9.79 Å². The van der Waals surface area contributed by atoms with E-state index in [1.807, 2.05) is 23.3 Å². The zero-order valence-electron chi connectivity index (χ0n) is 21.5. The number of carbonyl (C=O) groups is 1. The van der Waals surface area contributed by atoms with Gasteiger partial charge in [-0.05, 0) is 96.1 Å². The Morgan fingerprint density at radius 3 is 2.73 bits per heavy atom. The standard InChI is InChI=1S/C31H33FN4O/c1-19-5-6-21-7-8-23(14-30(21)35-17-19)27-12-20(2)26(31(37)36-11-3-4-25(34)18-36)15-28(27)22-9-10-24(16-33)29(32)13-22/h7-10,13-15,17,19-20,25H,3-6,11-12,18,34H2,1-2H3/t19?,20?,25-/m1/s1. The van der Waals surface area contributed by atoms with Gasteiger partial charge in [0.05, 0.1) is 11.3 Å². The fraction of sp³-hybridized carbons (Fsp3) is 0.387. The van der Waals surface area contributed by atoms with Crippen LogP contribution < -0.4 is 5.73 Å². The third-order valence-electron chi connectivity index (χ3n) is 7.83. The van der Waals surface area contributed by atoms with Crippen molar-refractivity contribution in [2.45, 2.75) is 52.0 Å². The van der Waals surface area contributed by atoms with Crippen LogP contribution in [0.25, 0.3) is 11.1 Å². The summed E-state index contributed by atoms with van der Waals surface area (Å²) in [5.74, 6) is -0.126. The van der Waals surface area contributed by atoms with Gasteiger partial charge in [0.2, 0.25) is 5.91 Å². The molecule has 2 heterocycles. The highest BCUT2D eigenvalue weighted by Crippen LogP contribution is 2.42. The third kappa shape index (κ3) is 5.14. The summed E-state index contributed by atoms with van der Waals surface area (Å²) in [5, 5.41) is 9.23. The molecule has 2 aromatic rings. The highest BCUT2D eigenvalue weighted by molar-refractivity contribution is 6.05. The van der Waals surface area contributed by atoms with E-state index in [1.165, 1.54) is 17.7 Å². The molecule has 2 aliphatic heterocycles. The Labute approximate surface area is 218 Å². The number of allylic oxidation sites excluding steroid dienone is 3. The van der Waals surface area contributed by atoms with Crippen molar-refractivity contribution in [3.05, 3.63) is 76.1 Å². The van der Waals surface area contributed by atoms with Crippen molar-refractivity contribution in [2.24, 2.45) is 22.6 Å². The van der Waals surface area contributed by atoms with E-state index in [9.17, 15) is 14.4 Å². The number of amides is 1. The Kier molecular flexibility index (Phi) is 7.08. The number of nitrogens with zero attached hydrogens (tertiary/aromatic N) is 3. The summed E-state index contributed by atoms with van der Waals surface area (Å²) < 4.78 is 14.7. The van der Waals surface area contributed by atoms with E-state index in [2.05, 4.69) is 32.0 Å². The van der Waals surface area contributed by atoms with Crippen LogP contribution in [0.5, 0.6) is 0 Å². The molecular formula is C31H33FN4O. The highest BCUT2D eigenvalue weighted by atomic mass is 19.1. The highest BCUT2D eigenvalue weighted by Gasteiger charge is 2.31. The lowest BCUT2D eigenvalue weighted by atomic mass is 9.78. The predicted octanol–water partition coefficient (Wildman–Crippen LogP) is 5.81. The van der Waals surface area contributed by atoms with Gasteiger partial charge in [0.25, 0.3) is 0 Å². The first-order valence-electron chi connectivity index (χ1n) is 13.2. The summed E-state index contributed by atoms with van der Waals surface area (Å²) in [6.07, 6.45) is 8.48. The molecule has 0 aromatic heterocycles. The Balaban J connectivity index is 1.63. The van der Waals surface area contributed by atoms with Crippen LogP contribution in [0, 0.1) is 29.0 Å². The van der Waals surface area contributed by atoms with Crippen LogP contribution >= 0.6 is 0 Å². The maximum Gasteiger partial charge on any atom is 0.250 e. The SMILES string of the molecule is CC1C=Nc2cc(C3=C(c4ccc(C#N)c(F)c4)C=C(C(=O)N4CCC[C@@H](N)C4)C(C)C3)ccc2CC1. The Hall–Kier alpha value is -3.56. The molecule has 1 aliphatic carbocycles. The second-order valence-electron chi connectivity index (χ2n) is 10.7. The van der Waals surface area contributed by atoms with E-state index < -0.39 is 5.82 Å². The Morgan fingerprint density at radius 1 is 1.16 bits per heavy atom. The number of piperidine rings is 1. The van der Waals surface area contributed by atoms with E-state index >= 15 is 0 Å². The molecule has 37 heavy (non-hydrogen) atoms. The van der Waals surface area contributed by atoms with Gasteiger partial charge in [0, 0.05) is 30.9 Å². The number of aryl methyl sites for hydroxylation is 1. The lowest BCUT2D eigenvalue weighted by Gasteiger charge is -2.34. The zero-order valence-corrected chi connectivity index (χ0v) is 21.5. The number of carbonyl (C=O) groups excluding carboxylic acids is 1. The van der Waals surface area contributed by atoms with E-state index in [4.69, 9.17) is 10.7 Å². The van der Waals surface area contributed by atoms with Gasteiger partial charge in [0.1, 0.15) is 11.9 Å². The third-order valence-corrected chi connectivity index (χ3v) is 7.83.